The number of urea groups is 1. The molecule has 6 heteroatoms. The van der Waals surface area contributed by atoms with Gasteiger partial charge in [0.25, 0.3) is 5.91 Å². The van der Waals surface area contributed by atoms with Crippen LogP contribution in [-0.4, -0.2) is 42.6 Å². The Hall–Kier alpha value is -2.24. The van der Waals surface area contributed by atoms with Crippen LogP contribution < -0.4 is 14.8 Å². The highest BCUT2D eigenvalue weighted by molar-refractivity contribution is 6.07. The molecule has 6 nitrogen and oxygen atoms in total. The molecule has 1 aliphatic heterocycles. The first-order chi connectivity index (χ1) is 11.1. The monoisotopic (exact) mass is 318 g/mol. The summed E-state index contributed by atoms with van der Waals surface area (Å²) < 4.78 is 10.7. The highest BCUT2D eigenvalue weighted by Gasteiger charge is 2.50. The zero-order chi connectivity index (χ0) is 16.3. The zero-order valence-electron chi connectivity index (χ0n) is 13.3. The summed E-state index contributed by atoms with van der Waals surface area (Å²) in [6.45, 7) is 0.542. The van der Waals surface area contributed by atoms with E-state index in [1.54, 1.807) is 31.4 Å². The molecule has 0 unspecified atom stereocenters. The number of carbonyl (C=O) groups is 2. The number of nitrogens with one attached hydrogen (secondary N) is 1. The van der Waals surface area contributed by atoms with Gasteiger partial charge >= 0.3 is 6.03 Å². The summed E-state index contributed by atoms with van der Waals surface area (Å²) in [4.78, 5) is 26.0. The zero-order valence-corrected chi connectivity index (χ0v) is 13.3. The van der Waals surface area contributed by atoms with E-state index in [1.165, 1.54) is 4.90 Å². The van der Waals surface area contributed by atoms with Crippen LogP contribution in [-0.2, 0) is 4.79 Å². The summed E-state index contributed by atoms with van der Waals surface area (Å²) in [5.41, 5.74) is -0.657. The number of rotatable bonds is 5. The number of carbonyl (C=O) groups excluding carboxylic acids is 2. The maximum absolute atomic E-state index is 12.6. The van der Waals surface area contributed by atoms with Gasteiger partial charge in [-0.1, -0.05) is 19.3 Å². The van der Waals surface area contributed by atoms with Gasteiger partial charge in [-0.15, -0.1) is 0 Å². The highest BCUT2D eigenvalue weighted by atomic mass is 16.5. The third-order valence-electron chi connectivity index (χ3n) is 4.60. The standard InChI is InChI=1S/C17H22N2O4/c1-22-13-5-7-14(8-6-13)23-12-11-19-15(20)17(18-16(19)21)9-3-2-4-10-17/h5-8H,2-4,9-12H2,1H3,(H,18,21). The van der Waals surface area contributed by atoms with Crippen molar-refractivity contribution in [1.82, 2.24) is 10.2 Å². The Labute approximate surface area is 135 Å². The molecule has 2 aliphatic rings. The Kier molecular flexibility index (Phi) is 4.41. The highest BCUT2D eigenvalue weighted by Crippen LogP contribution is 2.33. The number of methoxy groups -OCH3 is 1. The van der Waals surface area contributed by atoms with E-state index in [9.17, 15) is 9.59 Å². The minimum atomic E-state index is -0.657. The Bertz CT molecular complexity index is 579. The van der Waals surface area contributed by atoms with E-state index < -0.39 is 5.54 Å². The smallest absolute Gasteiger partial charge is 0.325 e. The van der Waals surface area contributed by atoms with Gasteiger partial charge in [0.15, 0.2) is 0 Å². The SMILES string of the molecule is COc1ccc(OCCN2C(=O)NC3(CCCCC3)C2=O)cc1. The van der Waals surface area contributed by atoms with Crippen LogP contribution in [0.2, 0.25) is 0 Å². The van der Waals surface area contributed by atoms with Crippen molar-refractivity contribution in [2.45, 2.75) is 37.6 Å². The predicted molar refractivity (Wildman–Crippen MR) is 84.5 cm³/mol. The molecule has 1 spiro atoms. The number of imide groups is 1. The minimum absolute atomic E-state index is 0.0967. The second kappa shape index (κ2) is 6.48. The molecular weight excluding hydrogens is 296 g/mol. The first-order valence-corrected chi connectivity index (χ1v) is 8.06. The summed E-state index contributed by atoms with van der Waals surface area (Å²) in [7, 11) is 1.61. The summed E-state index contributed by atoms with van der Waals surface area (Å²) in [5.74, 6) is 1.34. The van der Waals surface area contributed by atoms with Gasteiger partial charge in [0.05, 0.1) is 13.7 Å². The van der Waals surface area contributed by atoms with Gasteiger partial charge in [-0.3, -0.25) is 9.69 Å². The third kappa shape index (κ3) is 3.11. The predicted octanol–water partition coefficient (Wildman–Crippen LogP) is 2.33. The number of ether oxygens (including phenoxy) is 2. The van der Waals surface area contributed by atoms with Crippen LogP contribution in [0, 0.1) is 0 Å². The van der Waals surface area contributed by atoms with Gasteiger partial charge in [-0.2, -0.15) is 0 Å². The third-order valence-corrected chi connectivity index (χ3v) is 4.60. The maximum Gasteiger partial charge on any atom is 0.325 e. The van der Waals surface area contributed by atoms with Crippen LogP contribution in [0.25, 0.3) is 0 Å². The number of nitrogens with zero attached hydrogens (tertiary/aromatic N) is 1. The average Bonchev–Trinajstić information content (AvgIpc) is 2.80. The normalized spacial score (nSPS) is 19.8. The molecule has 1 aromatic rings. The van der Waals surface area contributed by atoms with Gasteiger partial charge in [-0.05, 0) is 37.1 Å². The van der Waals surface area contributed by atoms with Crippen LogP contribution in [0.4, 0.5) is 4.79 Å². The van der Waals surface area contributed by atoms with Gasteiger partial charge in [0.2, 0.25) is 0 Å². The van der Waals surface area contributed by atoms with Crippen molar-refractivity contribution in [3.8, 4) is 11.5 Å². The van der Waals surface area contributed by atoms with Crippen molar-refractivity contribution in [3.05, 3.63) is 24.3 Å². The lowest BCUT2D eigenvalue weighted by molar-refractivity contribution is -0.132. The van der Waals surface area contributed by atoms with E-state index in [-0.39, 0.29) is 25.1 Å². The fourth-order valence-electron chi connectivity index (χ4n) is 3.30. The molecule has 1 N–H and O–H groups in total. The van der Waals surface area contributed by atoms with Crippen LogP contribution in [0.15, 0.2) is 24.3 Å². The number of amides is 3. The Morgan fingerprint density at radius 1 is 1.09 bits per heavy atom. The van der Waals surface area contributed by atoms with Crippen molar-refractivity contribution < 1.29 is 19.1 Å². The minimum Gasteiger partial charge on any atom is -0.497 e. The molecule has 0 aromatic heterocycles. The van der Waals surface area contributed by atoms with Crippen molar-refractivity contribution in [2.75, 3.05) is 20.3 Å². The van der Waals surface area contributed by atoms with Crippen molar-refractivity contribution in [1.29, 1.82) is 0 Å². The molecule has 1 saturated carbocycles. The fraction of sp³-hybridized carbons (Fsp3) is 0.529. The first kappa shape index (κ1) is 15.6. The van der Waals surface area contributed by atoms with E-state index >= 15 is 0 Å². The average molecular weight is 318 g/mol. The lowest BCUT2D eigenvalue weighted by Gasteiger charge is -2.30. The van der Waals surface area contributed by atoms with Crippen LogP contribution in [0.5, 0.6) is 11.5 Å². The van der Waals surface area contributed by atoms with Gasteiger partial charge in [-0.25, -0.2) is 4.79 Å². The maximum atomic E-state index is 12.6. The van der Waals surface area contributed by atoms with Crippen molar-refractivity contribution in [2.24, 2.45) is 0 Å². The van der Waals surface area contributed by atoms with Gasteiger partial charge in [0, 0.05) is 0 Å². The summed E-state index contributed by atoms with van der Waals surface area (Å²) in [6.07, 6.45) is 4.59. The lowest BCUT2D eigenvalue weighted by atomic mass is 9.82. The molecule has 3 amide bonds. The molecule has 1 aromatic carbocycles. The van der Waals surface area contributed by atoms with E-state index in [0.29, 0.717) is 5.75 Å². The van der Waals surface area contributed by atoms with Gasteiger partial charge < -0.3 is 14.8 Å². The molecule has 3 rings (SSSR count). The number of hydrogen-bond acceptors (Lipinski definition) is 4. The number of hydrogen-bond donors (Lipinski definition) is 1. The van der Waals surface area contributed by atoms with Crippen molar-refractivity contribution in [3.63, 3.8) is 0 Å². The molecule has 1 aliphatic carbocycles. The molecular formula is C17H22N2O4. The Balaban J connectivity index is 1.55. The quantitative estimate of drug-likeness (QED) is 0.846. The molecule has 23 heavy (non-hydrogen) atoms. The molecule has 2 fully saturated rings. The largest absolute Gasteiger partial charge is 0.497 e. The molecule has 124 valence electrons. The van der Waals surface area contributed by atoms with E-state index in [4.69, 9.17) is 9.47 Å². The Morgan fingerprint density at radius 2 is 1.74 bits per heavy atom. The fourth-order valence-corrected chi connectivity index (χ4v) is 3.30. The first-order valence-electron chi connectivity index (χ1n) is 8.06. The Morgan fingerprint density at radius 3 is 2.39 bits per heavy atom. The van der Waals surface area contributed by atoms with E-state index in [2.05, 4.69) is 5.32 Å². The molecule has 0 bridgehead atoms. The summed E-state index contributed by atoms with van der Waals surface area (Å²) in [5, 5.41) is 2.90. The summed E-state index contributed by atoms with van der Waals surface area (Å²) >= 11 is 0. The molecule has 1 saturated heterocycles. The second-order valence-corrected chi connectivity index (χ2v) is 6.05. The molecule has 0 atom stereocenters. The molecule has 1 heterocycles. The molecule has 0 radical (unpaired) electrons. The summed E-state index contributed by atoms with van der Waals surface area (Å²) in [6, 6.07) is 6.91. The van der Waals surface area contributed by atoms with Crippen LogP contribution in [0.3, 0.4) is 0 Å². The van der Waals surface area contributed by atoms with E-state index in [1.807, 2.05) is 0 Å². The van der Waals surface area contributed by atoms with Crippen LogP contribution in [0.1, 0.15) is 32.1 Å². The topological polar surface area (TPSA) is 67.9 Å². The number of benzene rings is 1. The van der Waals surface area contributed by atoms with Crippen LogP contribution >= 0.6 is 0 Å². The van der Waals surface area contributed by atoms with Crippen molar-refractivity contribution >= 4 is 11.9 Å². The van der Waals surface area contributed by atoms with Gasteiger partial charge in [0.1, 0.15) is 23.6 Å². The lowest BCUT2D eigenvalue weighted by Crippen LogP contribution is -2.48. The van der Waals surface area contributed by atoms with E-state index in [0.717, 1.165) is 37.9 Å². The second-order valence-electron chi connectivity index (χ2n) is 6.05.